The molecule has 0 bridgehead atoms. The van der Waals surface area contributed by atoms with Crippen LogP contribution in [0.5, 0.6) is 0 Å². The number of halogens is 3. The van der Waals surface area contributed by atoms with Crippen molar-refractivity contribution >= 4 is 12.6 Å². The van der Waals surface area contributed by atoms with E-state index in [-0.39, 0.29) is 6.54 Å². The highest BCUT2D eigenvalue weighted by molar-refractivity contribution is 7.80. The van der Waals surface area contributed by atoms with Crippen LogP contribution in [-0.2, 0) is 0 Å². The number of unbranched alkanes of at least 4 members (excludes halogenated alkanes) is 2. The van der Waals surface area contributed by atoms with E-state index in [0.717, 1.165) is 38.1 Å². The monoisotopic (exact) mass is 255 g/mol. The maximum absolute atomic E-state index is 12.5. The van der Waals surface area contributed by atoms with Gasteiger partial charge < -0.3 is 4.90 Å². The number of piperidine rings is 1. The molecule has 0 aliphatic carbocycles. The Morgan fingerprint density at radius 3 is 2.56 bits per heavy atom. The third-order valence-corrected chi connectivity index (χ3v) is 3.42. The fourth-order valence-corrected chi connectivity index (χ4v) is 2.37. The molecule has 0 aromatic carbocycles. The van der Waals surface area contributed by atoms with Crippen molar-refractivity contribution in [1.82, 2.24) is 4.90 Å². The number of alkyl halides is 3. The molecule has 0 spiro atoms. The molecule has 0 saturated carbocycles. The van der Waals surface area contributed by atoms with E-state index in [2.05, 4.69) is 12.6 Å². The van der Waals surface area contributed by atoms with Crippen LogP contribution in [-0.4, -0.2) is 36.5 Å². The summed E-state index contributed by atoms with van der Waals surface area (Å²) in [4.78, 5) is 1.96. The Hall–Kier alpha value is 0.100. The van der Waals surface area contributed by atoms with Gasteiger partial charge in [-0.05, 0) is 44.5 Å². The molecule has 96 valence electrons. The van der Waals surface area contributed by atoms with Crippen LogP contribution in [0.3, 0.4) is 0 Å². The second-order valence-electron chi connectivity index (χ2n) is 4.47. The molecule has 1 unspecified atom stereocenters. The zero-order chi connectivity index (χ0) is 12.0. The van der Waals surface area contributed by atoms with Crippen LogP contribution < -0.4 is 0 Å². The summed E-state index contributed by atoms with van der Waals surface area (Å²) < 4.78 is 37.6. The average Bonchev–Trinajstić information content (AvgIpc) is 2.24. The molecule has 0 aromatic rings. The molecule has 0 aromatic heterocycles. The summed E-state index contributed by atoms with van der Waals surface area (Å²) in [6.45, 7) is 1.83. The van der Waals surface area contributed by atoms with Gasteiger partial charge in [0, 0.05) is 6.54 Å². The first-order valence-electron chi connectivity index (χ1n) is 5.94. The van der Waals surface area contributed by atoms with Crippen LogP contribution >= 0.6 is 12.6 Å². The lowest BCUT2D eigenvalue weighted by atomic mass is 9.97. The van der Waals surface area contributed by atoms with Crippen LogP contribution in [0.2, 0.25) is 0 Å². The van der Waals surface area contributed by atoms with Gasteiger partial charge in [0.05, 0.1) is 5.92 Å². The summed E-state index contributed by atoms with van der Waals surface area (Å²) in [5.74, 6) is -0.239. The molecule has 1 heterocycles. The van der Waals surface area contributed by atoms with Crippen molar-refractivity contribution in [1.29, 1.82) is 0 Å². The molecule has 1 rings (SSSR count). The molecule has 1 atom stereocenters. The molecule has 1 aliphatic heterocycles. The lowest BCUT2D eigenvalue weighted by Gasteiger charge is -2.33. The van der Waals surface area contributed by atoms with Gasteiger partial charge in [0.2, 0.25) is 0 Å². The van der Waals surface area contributed by atoms with E-state index in [9.17, 15) is 13.2 Å². The Morgan fingerprint density at radius 1 is 1.19 bits per heavy atom. The zero-order valence-electron chi connectivity index (χ0n) is 9.47. The molecule has 0 amide bonds. The number of nitrogens with zero attached hydrogens (tertiary/aromatic N) is 1. The van der Waals surface area contributed by atoms with Crippen molar-refractivity contribution in [2.24, 2.45) is 5.92 Å². The quantitative estimate of drug-likeness (QED) is 0.582. The third kappa shape index (κ3) is 4.95. The average molecular weight is 255 g/mol. The van der Waals surface area contributed by atoms with Gasteiger partial charge in [-0.2, -0.15) is 25.8 Å². The molecule has 1 saturated heterocycles. The van der Waals surface area contributed by atoms with Crippen LogP contribution in [0.25, 0.3) is 0 Å². The number of hydrogen-bond acceptors (Lipinski definition) is 2. The van der Waals surface area contributed by atoms with E-state index < -0.39 is 12.1 Å². The smallest absolute Gasteiger partial charge is 0.303 e. The lowest BCUT2D eigenvalue weighted by Crippen LogP contribution is -2.42. The molecule has 0 N–H and O–H groups in total. The summed E-state index contributed by atoms with van der Waals surface area (Å²) in [7, 11) is 0. The Labute approximate surface area is 101 Å². The highest BCUT2D eigenvalue weighted by Gasteiger charge is 2.41. The minimum Gasteiger partial charge on any atom is -0.303 e. The Balaban J connectivity index is 2.23. The second kappa shape index (κ2) is 6.74. The van der Waals surface area contributed by atoms with E-state index in [1.807, 2.05) is 4.90 Å². The largest absolute Gasteiger partial charge is 0.393 e. The Morgan fingerprint density at radius 2 is 1.94 bits per heavy atom. The Kier molecular flexibility index (Phi) is 5.97. The van der Waals surface area contributed by atoms with E-state index in [4.69, 9.17) is 0 Å². The fourth-order valence-electron chi connectivity index (χ4n) is 2.15. The first-order chi connectivity index (χ1) is 7.54. The number of thiol groups is 1. The zero-order valence-corrected chi connectivity index (χ0v) is 10.4. The van der Waals surface area contributed by atoms with Crippen molar-refractivity contribution in [3.63, 3.8) is 0 Å². The molecule has 1 nitrogen and oxygen atoms in total. The normalized spacial score (nSPS) is 23.6. The molecule has 5 heteroatoms. The van der Waals surface area contributed by atoms with Crippen LogP contribution in [0.15, 0.2) is 0 Å². The highest BCUT2D eigenvalue weighted by Crippen LogP contribution is 2.33. The first kappa shape index (κ1) is 14.2. The predicted octanol–water partition coefficient (Wildman–Crippen LogP) is 3.36. The summed E-state index contributed by atoms with van der Waals surface area (Å²) in [5, 5.41) is 0. The van der Waals surface area contributed by atoms with Crippen molar-refractivity contribution < 1.29 is 13.2 Å². The second-order valence-corrected chi connectivity index (χ2v) is 4.91. The minimum absolute atomic E-state index is 0.199. The SMILES string of the molecule is FC(F)(F)C1CCCN(CCCCCS)C1. The fraction of sp³-hybridized carbons (Fsp3) is 1.00. The van der Waals surface area contributed by atoms with Crippen LogP contribution in [0, 0.1) is 5.92 Å². The molecule has 0 radical (unpaired) electrons. The number of hydrogen-bond donors (Lipinski definition) is 1. The lowest BCUT2D eigenvalue weighted by molar-refractivity contribution is -0.186. The molecular weight excluding hydrogens is 235 g/mol. The van der Waals surface area contributed by atoms with Gasteiger partial charge in [-0.15, -0.1) is 0 Å². The maximum Gasteiger partial charge on any atom is 0.393 e. The van der Waals surface area contributed by atoms with Crippen molar-refractivity contribution in [3.05, 3.63) is 0 Å². The number of rotatable bonds is 5. The van der Waals surface area contributed by atoms with Gasteiger partial charge >= 0.3 is 6.18 Å². The maximum atomic E-state index is 12.5. The molecular formula is C11H20F3NS. The minimum atomic E-state index is -4.01. The topological polar surface area (TPSA) is 3.24 Å². The summed E-state index contributed by atoms with van der Waals surface area (Å²) in [6, 6.07) is 0. The molecule has 16 heavy (non-hydrogen) atoms. The van der Waals surface area contributed by atoms with Crippen molar-refractivity contribution in [2.45, 2.75) is 38.3 Å². The van der Waals surface area contributed by atoms with Gasteiger partial charge in [-0.25, -0.2) is 0 Å². The Bertz CT molecular complexity index is 196. The predicted molar refractivity (Wildman–Crippen MR) is 62.9 cm³/mol. The van der Waals surface area contributed by atoms with Gasteiger partial charge in [0.15, 0.2) is 0 Å². The van der Waals surface area contributed by atoms with Gasteiger partial charge in [-0.3, -0.25) is 0 Å². The highest BCUT2D eigenvalue weighted by atomic mass is 32.1. The summed E-state index contributed by atoms with van der Waals surface area (Å²) >= 11 is 4.11. The molecule has 1 aliphatic rings. The standard InChI is InChI=1S/C11H20F3NS/c12-11(13,14)10-5-4-7-15(9-10)6-2-1-3-8-16/h10,16H,1-9H2. The van der Waals surface area contributed by atoms with E-state index in [1.54, 1.807) is 0 Å². The van der Waals surface area contributed by atoms with Crippen LogP contribution in [0.1, 0.15) is 32.1 Å². The van der Waals surface area contributed by atoms with Gasteiger partial charge in [-0.1, -0.05) is 6.42 Å². The van der Waals surface area contributed by atoms with Crippen LogP contribution in [0.4, 0.5) is 13.2 Å². The van der Waals surface area contributed by atoms with Crippen molar-refractivity contribution in [3.8, 4) is 0 Å². The third-order valence-electron chi connectivity index (χ3n) is 3.10. The molecule has 1 fully saturated rings. The summed E-state index contributed by atoms with van der Waals surface area (Å²) in [6.07, 6.45) is 0.0820. The number of likely N-dealkylation sites (tertiary alicyclic amines) is 1. The van der Waals surface area contributed by atoms with Crippen molar-refractivity contribution in [2.75, 3.05) is 25.4 Å². The van der Waals surface area contributed by atoms with Gasteiger partial charge in [0.1, 0.15) is 0 Å². The van der Waals surface area contributed by atoms with E-state index in [1.165, 1.54) is 0 Å². The van der Waals surface area contributed by atoms with Gasteiger partial charge in [0.25, 0.3) is 0 Å². The first-order valence-corrected chi connectivity index (χ1v) is 6.57. The van der Waals surface area contributed by atoms with E-state index in [0.29, 0.717) is 12.8 Å². The summed E-state index contributed by atoms with van der Waals surface area (Å²) in [5.41, 5.74) is 0. The van der Waals surface area contributed by atoms with E-state index >= 15 is 0 Å².